The second-order valence-corrected chi connectivity index (χ2v) is 5.97. The third-order valence-corrected chi connectivity index (χ3v) is 4.06. The van der Waals surface area contributed by atoms with Crippen molar-refractivity contribution in [3.63, 3.8) is 0 Å². The molecule has 1 aliphatic rings. The maximum Gasteiger partial charge on any atom is 0.337 e. The summed E-state index contributed by atoms with van der Waals surface area (Å²) >= 11 is 0. The van der Waals surface area contributed by atoms with Crippen LogP contribution in [0.2, 0.25) is 0 Å². The van der Waals surface area contributed by atoms with E-state index in [2.05, 4.69) is 28.8 Å². The topological polar surface area (TPSA) is 58.6 Å². The molecular formula is C17H24N2O3. The van der Waals surface area contributed by atoms with Gasteiger partial charge in [-0.15, -0.1) is 0 Å². The first-order chi connectivity index (χ1) is 10.5. The molecule has 22 heavy (non-hydrogen) atoms. The van der Waals surface area contributed by atoms with Crippen LogP contribution in [0.15, 0.2) is 24.3 Å². The van der Waals surface area contributed by atoms with Crippen molar-refractivity contribution < 1.29 is 14.3 Å². The van der Waals surface area contributed by atoms with E-state index in [0.29, 0.717) is 17.2 Å². The maximum atomic E-state index is 12.4. The molecule has 1 fully saturated rings. The number of ether oxygens (including phenoxy) is 1. The number of methoxy groups -OCH3 is 1. The summed E-state index contributed by atoms with van der Waals surface area (Å²) in [7, 11) is 1.33. The Kier molecular flexibility index (Phi) is 5.55. The number of hydrogen-bond donors (Lipinski definition) is 1. The number of hydrogen-bond acceptors (Lipinski definition) is 4. The second-order valence-electron chi connectivity index (χ2n) is 5.97. The van der Waals surface area contributed by atoms with Gasteiger partial charge in [0, 0.05) is 24.2 Å². The first kappa shape index (κ1) is 16.5. The molecule has 0 aliphatic carbocycles. The van der Waals surface area contributed by atoms with Crippen LogP contribution in [0.3, 0.4) is 0 Å². The van der Waals surface area contributed by atoms with Crippen molar-refractivity contribution in [2.75, 3.05) is 20.2 Å². The fourth-order valence-electron chi connectivity index (χ4n) is 2.77. The average Bonchev–Trinajstić information content (AvgIpc) is 2.54. The minimum absolute atomic E-state index is 0.138. The third-order valence-electron chi connectivity index (χ3n) is 4.06. The van der Waals surface area contributed by atoms with Crippen LogP contribution in [0.1, 0.15) is 47.4 Å². The number of nitrogens with one attached hydrogen (secondary N) is 1. The number of carbonyl (C=O) groups is 2. The molecule has 0 aromatic heterocycles. The summed E-state index contributed by atoms with van der Waals surface area (Å²) in [5, 5.41) is 3.07. The average molecular weight is 304 g/mol. The lowest BCUT2D eigenvalue weighted by molar-refractivity contribution is 0.0600. The molecule has 1 heterocycles. The van der Waals surface area contributed by atoms with Crippen LogP contribution in [0, 0.1) is 0 Å². The summed E-state index contributed by atoms with van der Waals surface area (Å²) in [5.74, 6) is -0.570. The lowest BCUT2D eigenvalue weighted by Gasteiger charge is -2.35. The summed E-state index contributed by atoms with van der Waals surface area (Å²) in [6.07, 6.45) is 2.08. The Balaban J connectivity index is 2.01. The molecule has 1 saturated heterocycles. The Labute approximate surface area is 131 Å². The molecule has 5 nitrogen and oxygen atoms in total. The molecule has 1 N–H and O–H groups in total. The van der Waals surface area contributed by atoms with E-state index in [1.807, 2.05) is 0 Å². The van der Waals surface area contributed by atoms with Gasteiger partial charge in [-0.3, -0.25) is 9.69 Å². The number of esters is 1. The lowest BCUT2D eigenvalue weighted by Crippen LogP contribution is -2.49. The van der Waals surface area contributed by atoms with E-state index in [1.165, 1.54) is 7.11 Å². The Hall–Kier alpha value is -1.88. The maximum absolute atomic E-state index is 12.4. The number of amides is 1. The first-order valence-electron chi connectivity index (χ1n) is 7.74. The third kappa shape index (κ3) is 4.07. The van der Waals surface area contributed by atoms with Gasteiger partial charge < -0.3 is 10.1 Å². The summed E-state index contributed by atoms with van der Waals surface area (Å²) in [5.41, 5.74) is 0.882. The molecular weight excluding hydrogens is 280 g/mol. The second kappa shape index (κ2) is 7.40. The zero-order valence-electron chi connectivity index (χ0n) is 13.5. The van der Waals surface area contributed by atoms with Gasteiger partial charge in [-0.25, -0.2) is 4.79 Å². The Morgan fingerprint density at radius 3 is 2.73 bits per heavy atom. The van der Waals surface area contributed by atoms with Crippen LogP contribution >= 0.6 is 0 Å². The van der Waals surface area contributed by atoms with E-state index in [0.717, 1.165) is 25.9 Å². The van der Waals surface area contributed by atoms with E-state index in [1.54, 1.807) is 24.3 Å². The van der Waals surface area contributed by atoms with Gasteiger partial charge in [-0.05, 0) is 51.4 Å². The van der Waals surface area contributed by atoms with Crippen molar-refractivity contribution in [1.82, 2.24) is 10.2 Å². The number of carbonyl (C=O) groups excluding carboxylic acids is 2. The zero-order chi connectivity index (χ0) is 16.1. The molecule has 1 amide bonds. The zero-order valence-corrected chi connectivity index (χ0v) is 13.5. The number of benzene rings is 1. The van der Waals surface area contributed by atoms with Crippen LogP contribution in [-0.2, 0) is 4.74 Å². The predicted molar refractivity (Wildman–Crippen MR) is 85.0 cm³/mol. The highest BCUT2D eigenvalue weighted by Crippen LogP contribution is 2.14. The van der Waals surface area contributed by atoms with Crippen molar-refractivity contribution in [3.05, 3.63) is 35.4 Å². The fraction of sp³-hybridized carbons (Fsp3) is 0.529. The van der Waals surface area contributed by atoms with Gasteiger partial charge in [0.05, 0.1) is 12.7 Å². The van der Waals surface area contributed by atoms with Crippen molar-refractivity contribution in [2.24, 2.45) is 0 Å². The van der Waals surface area contributed by atoms with E-state index < -0.39 is 5.97 Å². The molecule has 1 aromatic carbocycles. The molecule has 0 unspecified atom stereocenters. The van der Waals surface area contributed by atoms with Gasteiger partial charge in [0.2, 0.25) is 0 Å². The van der Waals surface area contributed by atoms with Crippen LogP contribution < -0.4 is 5.32 Å². The van der Waals surface area contributed by atoms with Gasteiger partial charge >= 0.3 is 5.97 Å². The lowest BCUT2D eigenvalue weighted by atomic mass is 10.0. The van der Waals surface area contributed by atoms with E-state index in [-0.39, 0.29) is 11.9 Å². The monoisotopic (exact) mass is 304 g/mol. The van der Waals surface area contributed by atoms with Crippen molar-refractivity contribution in [2.45, 2.75) is 38.8 Å². The fourth-order valence-corrected chi connectivity index (χ4v) is 2.77. The van der Waals surface area contributed by atoms with Crippen LogP contribution in [0.5, 0.6) is 0 Å². The van der Waals surface area contributed by atoms with Crippen LogP contribution in [-0.4, -0.2) is 49.1 Å². The molecule has 120 valence electrons. The van der Waals surface area contributed by atoms with E-state index >= 15 is 0 Å². The highest BCUT2D eigenvalue weighted by Gasteiger charge is 2.23. The summed E-state index contributed by atoms with van der Waals surface area (Å²) in [4.78, 5) is 26.3. The van der Waals surface area contributed by atoms with Crippen LogP contribution in [0.25, 0.3) is 0 Å². The van der Waals surface area contributed by atoms with Gasteiger partial charge in [-0.1, -0.05) is 6.07 Å². The molecule has 1 atom stereocenters. The molecule has 5 heteroatoms. The molecule has 2 rings (SSSR count). The van der Waals surface area contributed by atoms with Gasteiger partial charge in [0.1, 0.15) is 0 Å². The predicted octanol–water partition coefficient (Wildman–Crippen LogP) is 2.08. The molecule has 0 saturated carbocycles. The highest BCUT2D eigenvalue weighted by atomic mass is 16.5. The highest BCUT2D eigenvalue weighted by molar-refractivity contribution is 5.98. The normalized spacial score (nSPS) is 19.0. The Bertz CT molecular complexity index is 542. The number of piperidine rings is 1. The SMILES string of the molecule is COC(=O)c1cccc(C(=O)N[C@@H]2CCCN(C(C)C)C2)c1. The first-order valence-corrected chi connectivity index (χ1v) is 7.74. The minimum atomic E-state index is -0.432. The van der Waals surface area contributed by atoms with Crippen molar-refractivity contribution >= 4 is 11.9 Å². The molecule has 0 spiro atoms. The summed E-state index contributed by atoms with van der Waals surface area (Å²) in [6.45, 7) is 6.30. The van der Waals surface area contributed by atoms with Crippen molar-refractivity contribution in [3.8, 4) is 0 Å². The van der Waals surface area contributed by atoms with Crippen LogP contribution in [0.4, 0.5) is 0 Å². The quantitative estimate of drug-likeness (QED) is 0.865. The number of rotatable bonds is 4. The Morgan fingerprint density at radius 1 is 1.32 bits per heavy atom. The smallest absolute Gasteiger partial charge is 0.337 e. The Morgan fingerprint density at radius 2 is 2.05 bits per heavy atom. The minimum Gasteiger partial charge on any atom is -0.465 e. The van der Waals surface area contributed by atoms with Gasteiger partial charge in [0.25, 0.3) is 5.91 Å². The number of nitrogens with zero attached hydrogens (tertiary/aromatic N) is 1. The van der Waals surface area contributed by atoms with Gasteiger partial charge in [0.15, 0.2) is 0 Å². The summed E-state index contributed by atoms with van der Waals surface area (Å²) in [6, 6.07) is 7.27. The summed E-state index contributed by atoms with van der Waals surface area (Å²) < 4.78 is 4.68. The standard InChI is InChI=1S/C17H24N2O3/c1-12(2)19-9-5-8-15(11-19)18-16(20)13-6-4-7-14(10-13)17(21)22-3/h4,6-7,10,12,15H,5,8-9,11H2,1-3H3,(H,18,20)/t15-/m1/s1. The van der Waals surface area contributed by atoms with E-state index in [4.69, 9.17) is 0 Å². The molecule has 0 radical (unpaired) electrons. The van der Waals surface area contributed by atoms with Crippen molar-refractivity contribution in [1.29, 1.82) is 0 Å². The molecule has 1 aromatic rings. The molecule has 0 bridgehead atoms. The van der Waals surface area contributed by atoms with Gasteiger partial charge in [-0.2, -0.15) is 0 Å². The number of likely N-dealkylation sites (tertiary alicyclic amines) is 1. The van der Waals surface area contributed by atoms with E-state index in [9.17, 15) is 9.59 Å². The molecule has 1 aliphatic heterocycles. The largest absolute Gasteiger partial charge is 0.465 e.